The van der Waals surface area contributed by atoms with Gasteiger partial charge in [0.2, 0.25) is 0 Å². The van der Waals surface area contributed by atoms with E-state index in [1.54, 1.807) is 0 Å². The van der Waals surface area contributed by atoms with Gasteiger partial charge in [0, 0.05) is 13.2 Å². The van der Waals surface area contributed by atoms with Crippen molar-refractivity contribution in [1.29, 1.82) is 0 Å². The average Bonchev–Trinajstić information content (AvgIpc) is 2.26. The second-order valence-electron chi connectivity index (χ2n) is 4.38. The van der Waals surface area contributed by atoms with Gasteiger partial charge in [-0.2, -0.15) is 0 Å². The molecule has 16 heavy (non-hydrogen) atoms. The van der Waals surface area contributed by atoms with E-state index in [1.807, 2.05) is 0 Å². The summed E-state index contributed by atoms with van der Waals surface area (Å²) in [5.41, 5.74) is 0. The Hall–Kier alpha value is 0.960. The molecule has 0 N–H and O–H groups in total. The van der Waals surface area contributed by atoms with Crippen molar-refractivity contribution in [2.45, 2.75) is 78.1 Å². The first-order valence-electron chi connectivity index (χ1n) is 6.99. The summed E-state index contributed by atoms with van der Waals surface area (Å²) in [6.07, 6.45) is 14.0. The van der Waals surface area contributed by atoms with Crippen molar-refractivity contribution in [3.05, 3.63) is 0 Å². The van der Waals surface area contributed by atoms with E-state index in [4.69, 9.17) is 4.74 Å². The Morgan fingerprint density at radius 1 is 0.625 bits per heavy atom. The van der Waals surface area contributed by atoms with Gasteiger partial charge in [0.25, 0.3) is 0 Å². The molecule has 0 aliphatic carbocycles. The molecule has 0 bridgehead atoms. The Labute approximate surface area is 125 Å². The molecule has 0 saturated carbocycles. The zero-order valence-corrected chi connectivity index (χ0v) is 10.9. The van der Waals surface area contributed by atoms with Crippen molar-refractivity contribution in [2.24, 2.45) is 0 Å². The van der Waals surface area contributed by atoms with Crippen molar-refractivity contribution in [2.75, 3.05) is 13.2 Å². The summed E-state index contributed by atoms with van der Waals surface area (Å²) >= 11 is 0. The summed E-state index contributed by atoms with van der Waals surface area (Å²) < 4.78 is 5.31. The third-order valence-corrected chi connectivity index (χ3v) is 2.85. The fourth-order valence-electron chi connectivity index (χ4n) is 1.84. The molecule has 0 saturated heterocycles. The molecule has 0 radical (unpaired) electrons. The standard InChI is InChI=1S/C14H30O.Na.H/c1-3-5-6-7-8-9-10-11-12-13-14-15-4-2;;/h3-14H2,1-2H3;;. The predicted octanol–water partition coefficient (Wildman–Crippen LogP) is 4.30. The molecule has 0 aliphatic heterocycles. The van der Waals surface area contributed by atoms with E-state index in [1.165, 1.54) is 64.2 Å². The first-order valence-corrected chi connectivity index (χ1v) is 6.99. The van der Waals surface area contributed by atoms with E-state index in [0.29, 0.717) is 0 Å². The molecular weight excluding hydrogens is 207 g/mol. The van der Waals surface area contributed by atoms with Crippen LogP contribution in [0, 0.1) is 0 Å². The van der Waals surface area contributed by atoms with E-state index < -0.39 is 0 Å². The summed E-state index contributed by atoms with van der Waals surface area (Å²) in [5, 5.41) is 0. The first-order chi connectivity index (χ1) is 7.41. The van der Waals surface area contributed by atoms with Crippen LogP contribution in [0.25, 0.3) is 0 Å². The van der Waals surface area contributed by atoms with Crippen LogP contribution in [-0.2, 0) is 4.74 Å². The number of ether oxygens (including phenoxy) is 1. The van der Waals surface area contributed by atoms with Crippen molar-refractivity contribution in [3.8, 4) is 0 Å². The summed E-state index contributed by atoms with van der Waals surface area (Å²) in [6.45, 7) is 6.18. The van der Waals surface area contributed by atoms with Crippen molar-refractivity contribution in [3.63, 3.8) is 0 Å². The topological polar surface area (TPSA) is 9.23 Å². The van der Waals surface area contributed by atoms with Gasteiger partial charge in [-0.25, -0.2) is 0 Å². The number of hydrogen-bond acceptors (Lipinski definition) is 1. The van der Waals surface area contributed by atoms with Gasteiger partial charge < -0.3 is 4.74 Å². The zero-order chi connectivity index (χ0) is 11.2. The van der Waals surface area contributed by atoms with Crippen LogP contribution >= 0.6 is 0 Å². The quantitative estimate of drug-likeness (QED) is 0.364. The average molecular weight is 238 g/mol. The van der Waals surface area contributed by atoms with Gasteiger partial charge >= 0.3 is 29.6 Å². The monoisotopic (exact) mass is 238 g/mol. The Morgan fingerprint density at radius 3 is 1.50 bits per heavy atom. The SMILES string of the molecule is CCCCCCCCCCCCOCC.[NaH]. The van der Waals surface area contributed by atoms with Crippen LogP contribution in [0.4, 0.5) is 0 Å². The third-order valence-electron chi connectivity index (χ3n) is 2.85. The second-order valence-corrected chi connectivity index (χ2v) is 4.38. The predicted molar refractivity (Wildman–Crippen MR) is 75.5 cm³/mol. The Morgan fingerprint density at radius 2 is 1.06 bits per heavy atom. The molecule has 0 atom stereocenters. The van der Waals surface area contributed by atoms with Gasteiger partial charge in [-0.3, -0.25) is 0 Å². The van der Waals surface area contributed by atoms with E-state index in [-0.39, 0.29) is 29.6 Å². The van der Waals surface area contributed by atoms with E-state index in [0.717, 1.165) is 13.2 Å². The molecule has 0 fully saturated rings. The van der Waals surface area contributed by atoms with Gasteiger partial charge in [-0.15, -0.1) is 0 Å². The summed E-state index contributed by atoms with van der Waals surface area (Å²) in [6, 6.07) is 0. The van der Waals surface area contributed by atoms with Crippen LogP contribution in [0.15, 0.2) is 0 Å². The van der Waals surface area contributed by atoms with E-state index in [2.05, 4.69) is 13.8 Å². The number of hydrogen-bond donors (Lipinski definition) is 0. The van der Waals surface area contributed by atoms with Crippen molar-refractivity contribution < 1.29 is 4.74 Å². The molecule has 0 aromatic heterocycles. The number of rotatable bonds is 12. The Kier molecular flexibility index (Phi) is 22.1. The van der Waals surface area contributed by atoms with Gasteiger partial charge in [0.15, 0.2) is 0 Å². The third kappa shape index (κ3) is 17.4. The molecule has 0 unspecified atom stereocenters. The fraction of sp³-hybridized carbons (Fsp3) is 1.00. The maximum absolute atomic E-state index is 5.31. The Balaban J connectivity index is 0. The summed E-state index contributed by atoms with van der Waals surface area (Å²) in [7, 11) is 0. The molecular formula is C14H31NaO. The Bertz CT molecular complexity index is 94.9. The molecule has 0 amide bonds. The zero-order valence-electron chi connectivity index (χ0n) is 10.9. The molecule has 0 aliphatic rings. The van der Waals surface area contributed by atoms with E-state index in [9.17, 15) is 0 Å². The van der Waals surface area contributed by atoms with Crippen LogP contribution in [-0.4, -0.2) is 42.8 Å². The van der Waals surface area contributed by atoms with Crippen molar-refractivity contribution >= 4 is 29.6 Å². The van der Waals surface area contributed by atoms with Crippen molar-refractivity contribution in [1.82, 2.24) is 0 Å². The van der Waals surface area contributed by atoms with Crippen LogP contribution in [0.1, 0.15) is 78.1 Å². The summed E-state index contributed by atoms with van der Waals surface area (Å²) in [5.74, 6) is 0. The van der Waals surface area contributed by atoms with Gasteiger partial charge in [-0.05, 0) is 13.3 Å². The molecule has 0 rings (SSSR count). The second kappa shape index (κ2) is 18.3. The maximum atomic E-state index is 5.31. The van der Waals surface area contributed by atoms with Crippen LogP contribution in [0.5, 0.6) is 0 Å². The molecule has 2 heteroatoms. The van der Waals surface area contributed by atoms with Crippen LogP contribution in [0.2, 0.25) is 0 Å². The minimum atomic E-state index is 0. The fourth-order valence-corrected chi connectivity index (χ4v) is 1.84. The molecule has 0 aromatic carbocycles. The molecule has 0 heterocycles. The number of unbranched alkanes of at least 4 members (excludes halogenated alkanes) is 9. The van der Waals surface area contributed by atoms with Crippen LogP contribution in [0.3, 0.4) is 0 Å². The van der Waals surface area contributed by atoms with Gasteiger partial charge in [0.05, 0.1) is 0 Å². The van der Waals surface area contributed by atoms with E-state index >= 15 is 0 Å². The normalized spacial score (nSPS) is 10.1. The van der Waals surface area contributed by atoms with Gasteiger partial charge in [-0.1, -0.05) is 64.7 Å². The molecule has 0 spiro atoms. The first kappa shape index (κ1) is 19.3. The minimum absolute atomic E-state index is 0. The van der Waals surface area contributed by atoms with Crippen LogP contribution < -0.4 is 0 Å². The molecule has 94 valence electrons. The summed E-state index contributed by atoms with van der Waals surface area (Å²) in [4.78, 5) is 0. The van der Waals surface area contributed by atoms with Gasteiger partial charge in [0.1, 0.15) is 0 Å². The molecule has 0 aromatic rings. The molecule has 1 nitrogen and oxygen atoms in total.